The van der Waals surface area contributed by atoms with Crippen LogP contribution in [0.1, 0.15) is 19.3 Å². The predicted octanol–water partition coefficient (Wildman–Crippen LogP) is 1.72. The summed E-state index contributed by atoms with van der Waals surface area (Å²) < 4.78 is 5.26. The molecule has 2 amide bonds. The van der Waals surface area contributed by atoms with Crippen molar-refractivity contribution in [3.8, 4) is 5.88 Å². The van der Waals surface area contributed by atoms with Gasteiger partial charge in [0, 0.05) is 20.1 Å². The average molecular weight is 317 g/mol. The first kappa shape index (κ1) is 14.5. The van der Waals surface area contributed by atoms with Gasteiger partial charge in [0.2, 0.25) is 5.88 Å². The van der Waals surface area contributed by atoms with Gasteiger partial charge < -0.3 is 20.3 Å². The Kier molecular flexibility index (Phi) is 3.32. The van der Waals surface area contributed by atoms with Crippen LogP contribution in [0.2, 0.25) is 0 Å². The van der Waals surface area contributed by atoms with E-state index in [4.69, 9.17) is 4.74 Å². The van der Waals surface area contributed by atoms with Crippen molar-refractivity contribution in [2.75, 3.05) is 31.4 Å². The fourth-order valence-electron chi connectivity index (χ4n) is 4.78. The largest absolute Gasteiger partial charge is 0.479 e. The third-order valence-electron chi connectivity index (χ3n) is 5.68. The van der Waals surface area contributed by atoms with E-state index in [9.17, 15) is 4.79 Å². The number of nitrogens with one attached hydrogen (secondary N) is 2. The molecule has 2 bridgehead atoms. The monoisotopic (exact) mass is 317 g/mol. The van der Waals surface area contributed by atoms with Gasteiger partial charge in [0.05, 0.1) is 7.11 Å². The van der Waals surface area contributed by atoms with E-state index in [0.29, 0.717) is 35.3 Å². The number of hydrogen-bond donors (Lipinski definition) is 2. The van der Waals surface area contributed by atoms with E-state index >= 15 is 0 Å². The highest BCUT2D eigenvalue weighted by molar-refractivity contribution is 5.94. The Hall–Kier alpha value is -2.05. The first-order valence-electron chi connectivity index (χ1n) is 8.24. The predicted molar refractivity (Wildman–Crippen MR) is 86.7 cm³/mol. The van der Waals surface area contributed by atoms with Crippen molar-refractivity contribution in [1.82, 2.24) is 15.3 Å². The number of methoxy groups -OCH3 is 1. The van der Waals surface area contributed by atoms with Crippen LogP contribution in [0.25, 0.3) is 0 Å². The molecule has 3 aliphatic carbocycles. The smallest absolute Gasteiger partial charge is 0.319 e. The first-order valence-corrected chi connectivity index (χ1v) is 8.24. The van der Waals surface area contributed by atoms with Crippen LogP contribution in [-0.4, -0.2) is 43.2 Å². The third kappa shape index (κ3) is 2.29. The van der Waals surface area contributed by atoms with Crippen molar-refractivity contribution < 1.29 is 9.53 Å². The molecule has 1 aromatic rings. The van der Waals surface area contributed by atoms with Crippen molar-refractivity contribution in [3.63, 3.8) is 0 Å². The molecule has 0 aliphatic heterocycles. The Morgan fingerprint density at radius 1 is 1.26 bits per heavy atom. The molecule has 1 aromatic heterocycles. The number of nitrogens with zero attached hydrogens (tertiary/aromatic N) is 3. The minimum Gasteiger partial charge on any atom is -0.479 e. The summed E-state index contributed by atoms with van der Waals surface area (Å²) in [7, 11) is 5.27. The van der Waals surface area contributed by atoms with E-state index < -0.39 is 0 Å². The number of urea groups is 1. The zero-order chi connectivity index (χ0) is 16.1. The fourth-order valence-corrected chi connectivity index (χ4v) is 4.78. The van der Waals surface area contributed by atoms with Gasteiger partial charge in [-0.05, 0) is 42.9 Å². The molecule has 0 radical (unpaired) electrons. The summed E-state index contributed by atoms with van der Waals surface area (Å²) >= 11 is 0. The zero-order valence-corrected chi connectivity index (χ0v) is 13.7. The van der Waals surface area contributed by atoms with Crippen LogP contribution in [0.5, 0.6) is 5.88 Å². The summed E-state index contributed by atoms with van der Waals surface area (Å²) in [5.41, 5.74) is 0.506. The number of aromatic nitrogens is 2. The molecular formula is C16H23N5O2. The van der Waals surface area contributed by atoms with Crippen molar-refractivity contribution in [3.05, 3.63) is 6.33 Å². The van der Waals surface area contributed by atoms with E-state index in [1.165, 1.54) is 32.7 Å². The van der Waals surface area contributed by atoms with Crippen LogP contribution in [0.3, 0.4) is 0 Å². The first-order chi connectivity index (χ1) is 11.1. The summed E-state index contributed by atoms with van der Waals surface area (Å²) in [4.78, 5) is 22.5. The molecule has 0 unspecified atom stereocenters. The lowest BCUT2D eigenvalue weighted by Crippen LogP contribution is -2.34. The van der Waals surface area contributed by atoms with Crippen LogP contribution in [-0.2, 0) is 0 Å². The SMILES string of the molecule is COc1ncnc(N(C)C)c1NC(=O)NC1[C@H]2[C@H]3CC[C@@H](C3)[C@H]12. The Labute approximate surface area is 135 Å². The normalized spacial score (nSPS) is 33.1. The number of carbonyl (C=O) groups excluding carboxylic acids is 1. The van der Waals surface area contributed by atoms with E-state index in [1.807, 2.05) is 19.0 Å². The second-order valence-corrected chi connectivity index (χ2v) is 7.09. The summed E-state index contributed by atoms with van der Waals surface area (Å²) in [5.74, 6) is 4.09. The molecule has 124 valence electrons. The van der Waals surface area contributed by atoms with Gasteiger partial charge in [-0.15, -0.1) is 0 Å². The van der Waals surface area contributed by atoms with Gasteiger partial charge in [-0.25, -0.2) is 9.78 Å². The lowest BCUT2D eigenvalue weighted by molar-refractivity contribution is 0.249. The van der Waals surface area contributed by atoms with Crippen LogP contribution < -0.4 is 20.3 Å². The maximum absolute atomic E-state index is 12.4. The van der Waals surface area contributed by atoms with E-state index in [0.717, 1.165) is 11.8 Å². The molecule has 4 rings (SSSR count). The van der Waals surface area contributed by atoms with Crippen molar-refractivity contribution in [2.24, 2.45) is 23.7 Å². The molecule has 7 heteroatoms. The van der Waals surface area contributed by atoms with Gasteiger partial charge in [-0.1, -0.05) is 0 Å². The van der Waals surface area contributed by atoms with E-state index in [-0.39, 0.29) is 6.03 Å². The third-order valence-corrected chi connectivity index (χ3v) is 5.68. The maximum atomic E-state index is 12.4. The molecular weight excluding hydrogens is 294 g/mol. The van der Waals surface area contributed by atoms with Crippen LogP contribution in [0, 0.1) is 23.7 Å². The molecule has 1 heterocycles. The van der Waals surface area contributed by atoms with Gasteiger partial charge in [-0.3, -0.25) is 0 Å². The van der Waals surface area contributed by atoms with Crippen molar-refractivity contribution in [2.45, 2.75) is 25.3 Å². The number of hydrogen-bond acceptors (Lipinski definition) is 5. The lowest BCUT2D eigenvalue weighted by Gasteiger charge is -2.18. The van der Waals surface area contributed by atoms with Crippen LogP contribution >= 0.6 is 0 Å². The van der Waals surface area contributed by atoms with Crippen LogP contribution in [0.15, 0.2) is 6.33 Å². The Morgan fingerprint density at radius 3 is 2.57 bits per heavy atom. The summed E-state index contributed by atoms with van der Waals surface area (Å²) in [6.07, 6.45) is 5.49. The number of carbonyl (C=O) groups is 1. The van der Waals surface area contributed by atoms with Crippen LogP contribution in [0.4, 0.5) is 16.3 Å². The molecule has 2 N–H and O–H groups in total. The summed E-state index contributed by atoms with van der Waals surface area (Å²) in [5, 5.41) is 6.02. The topological polar surface area (TPSA) is 79.4 Å². The van der Waals surface area contributed by atoms with E-state index in [1.54, 1.807) is 0 Å². The molecule has 3 aliphatic rings. The number of ether oxygens (including phenoxy) is 1. The number of fused-ring (bicyclic) bond motifs is 5. The van der Waals surface area contributed by atoms with Crippen molar-refractivity contribution >= 4 is 17.5 Å². The molecule has 0 spiro atoms. The fraction of sp³-hybridized carbons (Fsp3) is 0.688. The number of rotatable bonds is 4. The zero-order valence-electron chi connectivity index (χ0n) is 13.7. The summed E-state index contributed by atoms with van der Waals surface area (Å²) in [6.45, 7) is 0. The Balaban J connectivity index is 1.45. The second-order valence-electron chi connectivity index (χ2n) is 7.09. The standard InChI is InChI=1S/C16H23N5O2/c1-21(2)14-13(15(23-3)18-7-17-14)20-16(22)19-12-10-8-4-5-9(6-8)11(10)12/h7-12H,4-6H2,1-3H3,(H2,19,20,22)/t8-,9-,10-,11-/m0/s1. The number of amides is 2. The molecule has 4 atom stereocenters. The van der Waals surface area contributed by atoms with E-state index in [2.05, 4.69) is 20.6 Å². The molecule has 23 heavy (non-hydrogen) atoms. The minimum absolute atomic E-state index is 0.194. The maximum Gasteiger partial charge on any atom is 0.319 e. The lowest BCUT2D eigenvalue weighted by atomic mass is 10.0. The highest BCUT2D eigenvalue weighted by atomic mass is 16.5. The molecule has 0 aromatic carbocycles. The Bertz CT molecular complexity index is 619. The van der Waals surface area contributed by atoms with Gasteiger partial charge in [0.15, 0.2) is 5.82 Å². The van der Waals surface area contributed by atoms with Gasteiger partial charge in [0.25, 0.3) is 0 Å². The van der Waals surface area contributed by atoms with Crippen molar-refractivity contribution in [1.29, 1.82) is 0 Å². The molecule has 3 saturated carbocycles. The highest BCUT2D eigenvalue weighted by Gasteiger charge is 2.65. The van der Waals surface area contributed by atoms with Gasteiger partial charge >= 0.3 is 6.03 Å². The minimum atomic E-state index is -0.194. The van der Waals surface area contributed by atoms with Gasteiger partial charge in [0.1, 0.15) is 12.0 Å². The average Bonchev–Trinajstić information content (AvgIpc) is 2.92. The second kappa shape index (κ2) is 5.25. The Morgan fingerprint density at radius 2 is 1.96 bits per heavy atom. The summed E-state index contributed by atoms with van der Waals surface area (Å²) in [6, 6.07) is 0.152. The quantitative estimate of drug-likeness (QED) is 0.884. The number of anilines is 2. The highest BCUT2D eigenvalue weighted by Crippen LogP contribution is 2.65. The molecule has 0 saturated heterocycles. The molecule has 7 nitrogen and oxygen atoms in total. The van der Waals surface area contributed by atoms with Gasteiger partial charge in [-0.2, -0.15) is 4.98 Å². The molecule has 3 fully saturated rings.